The van der Waals surface area contributed by atoms with E-state index in [9.17, 15) is 4.79 Å². The highest BCUT2D eigenvalue weighted by Gasteiger charge is 2.17. The quantitative estimate of drug-likeness (QED) is 0.312. The maximum absolute atomic E-state index is 11.7. The number of fused-ring (bicyclic) bond motifs is 1. The molecule has 0 atom stereocenters. The Labute approximate surface area is 219 Å². The van der Waals surface area contributed by atoms with Crippen LogP contribution in [0.1, 0.15) is 0 Å². The molecule has 1 amide bonds. The summed E-state index contributed by atoms with van der Waals surface area (Å²) in [6.07, 6.45) is 1.22. The van der Waals surface area contributed by atoms with E-state index >= 15 is 0 Å². The molecule has 0 aliphatic carbocycles. The summed E-state index contributed by atoms with van der Waals surface area (Å²) in [6.45, 7) is 7.50. The maximum atomic E-state index is 11.7. The fraction of sp³-hybridized carbons (Fsp3) is 0.222. The molecule has 1 aliphatic rings. The molecule has 1 fully saturated rings. The molecular weight excluding hydrogens is 488 g/mol. The normalized spacial score (nSPS) is 13.8. The first-order chi connectivity index (χ1) is 18.0. The first-order valence-corrected chi connectivity index (χ1v) is 12.8. The van der Waals surface area contributed by atoms with Gasteiger partial charge in [0.25, 0.3) is 0 Å². The van der Waals surface area contributed by atoms with Gasteiger partial charge in [0.1, 0.15) is 16.2 Å². The Morgan fingerprint density at radius 1 is 1.11 bits per heavy atom. The standard InChI is InChI=1S/C27H28N6O3S/c1-4-24(34)28-18-6-5-7-20(16-18)36-26-25-22(10-15-37-25)30-27(31-26)29-21-9-8-19(17-23(21)35-3)33-13-11-32(2)12-14-33/h4-10,15-17H,1,11-14H2,2-3H3,(H,28,34)(H,29,30,31). The van der Waals surface area contributed by atoms with Crippen molar-refractivity contribution >= 4 is 50.5 Å². The predicted molar refractivity (Wildman–Crippen MR) is 149 cm³/mol. The van der Waals surface area contributed by atoms with Crippen LogP contribution in [-0.2, 0) is 4.79 Å². The third kappa shape index (κ3) is 5.65. The van der Waals surface area contributed by atoms with Crippen LogP contribution < -0.4 is 25.0 Å². The van der Waals surface area contributed by atoms with Crippen molar-refractivity contribution in [2.24, 2.45) is 0 Å². The van der Waals surface area contributed by atoms with Gasteiger partial charge >= 0.3 is 0 Å². The highest BCUT2D eigenvalue weighted by Crippen LogP contribution is 2.36. The Morgan fingerprint density at radius 2 is 1.95 bits per heavy atom. The van der Waals surface area contributed by atoms with Gasteiger partial charge in [-0.2, -0.15) is 4.98 Å². The molecule has 190 valence electrons. The molecule has 1 aliphatic heterocycles. The number of rotatable bonds is 8. The number of carbonyl (C=O) groups excluding carboxylic acids is 1. The van der Waals surface area contributed by atoms with Gasteiger partial charge in [-0.05, 0) is 48.8 Å². The van der Waals surface area contributed by atoms with Gasteiger partial charge in [-0.25, -0.2) is 4.98 Å². The average molecular weight is 517 g/mol. The number of carbonyl (C=O) groups is 1. The molecule has 1 saturated heterocycles. The van der Waals surface area contributed by atoms with Crippen LogP contribution in [0.3, 0.4) is 0 Å². The van der Waals surface area contributed by atoms with Crippen molar-refractivity contribution in [3.8, 4) is 17.4 Å². The SMILES string of the molecule is C=CC(=O)Nc1cccc(Oc2nc(Nc3ccc(N4CCN(C)CC4)cc3OC)nc3ccsc23)c1. The molecular formula is C27H28N6O3S. The van der Waals surface area contributed by atoms with Crippen LogP contribution in [0.5, 0.6) is 17.4 Å². The van der Waals surface area contributed by atoms with Crippen molar-refractivity contribution in [1.82, 2.24) is 14.9 Å². The van der Waals surface area contributed by atoms with Crippen LogP contribution >= 0.6 is 11.3 Å². The molecule has 2 N–H and O–H groups in total. The Hall–Kier alpha value is -4.15. The van der Waals surface area contributed by atoms with Gasteiger partial charge in [0.05, 0.1) is 18.3 Å². The van der Waals surface area contributed by atoms with Crippen molar-refractivity contribution in [3.63, 3.8) is 0 Å². The van der Waals surface area contributed by atoms with Crippen LogP contribution in [0.15, 0.2) is 66.6 Å². The third-order valence-electron chi connectivity index (χ3n) is 6.07. The minimum absolute atomic E-state index is 0.293. The molecule has 0 unspecified atom stereocenters. The van der Waals surface area contributed by atoms with E-state index in [-0.39, 0.29) is 5.91 Å². The second kappa shape index (κ2) is 10.9. The lowest BCUT2D eigenvalue weighted by atomic mass is 10.2. The molecule has 3 heterocycles. The first kappa shape index (κ1) is 24.5. The van der Waals surface area contributed by atoms with E-state index in [2.05, 4.69) is 50.1 Å². The maximum Gasteiger partial charge on any atom is 0.247 e. The molecule has 0 spiro atoms. The zero-order valence-electron chi connectivity index (χ0n) is 20.7. The summed E-state index contributed by atoms with van der Waals surface area (Å²) < 4.78 is 12.7. The first-order valence-electron chi connectivity index (χ1n) is 11.9. The molecule has 9 nitrogen and oxygen atoms in total. The van der Waals surface area contributed by atoms with E-state index in [1.54, 1.807) is 31.4 Å². The summed E-state index contributed by atoms with van der Waals surface area (Å²) in [4.78, 5) is 25.7. The van der Waals surface area contributed by atoms with Gasteiger partial charge in [0, 0.05) is 49.7 Å². The van der Waals surface area contributed by atoms with Crippen molar-refractivity contribution in [1.29, 1.82) is 0 Å². The number of hydrogen-bond acceptors (Lipinski definition) is 9. The van der Waals surface area contributed by atoms with E-state index in [1.807, 2.05) is 23.6 Å². The number of anilines is 4. The molecule has 5 rings (SSSR count). The highest BCUT2D eigenvalue weighted by atomic mass is 32.1. The number of piperazine rings is 1. The van der Waals surface area contributed by atoms with E-state index in [1.165, 1.54) is 17.4 Å². The number of nitrogens with one attached hydrogen (secondary N) is 2. The van der Waals surface area contributed by atoms with Crippen LogP contribution in [0, 0.1) is 0 Å². The molecule has 37 heavy (non-hydrogen) atoms. The summed E-state index contributed by atoms with van der Waals surface area (Å²) in [6, 6.07) is 15.1. The number of aromatic nitrogens is 2. The molecule has 4 aromatic rings. The molecule has 2 aromatic carbocycles. The lowest BCUT2D eigenvalue weighted by molar-refractivity contribution is -0.111. The number of thiophene rings is 1. The van der Waals surface area contributed by atoms with Crippen LogP contribution in [0.25, 0.3) is 10.2 Å². The summed E-state index contributed by atoms with van der Waals surface area (Å²) in [5.74, 6) is 1.76. The van der Waals surface area contributed by atoms with Gasteiger partial charge in [-0.3, -0.25) is 4.79 Å². The zero-order valence-corrected chi connectivity index (χ0v) is 21.5. The van der Waals surface area contributed by atoms with Crippen LogP contribution in [-0.4, -0.2) is 61.1 Å². The number of likely N-dealkylation sites (N-methyl/N-ethyl adjacent to an activating group) is 1. The lowest BCUT2D eigenvalue weighted by Gasteiger charge is -2.34. The molecule has 0 saturated carbocycles. The highest BCUT2D eigenvalue weighted by molar-refractivity contribution is 7.17. The van der Waals surface area contributed by atoms with Crippen molar-refractivity contribution in [3.05, 3.63) is 66.6 Å². The smallest absolute Gasteiger partial charge is 0.247 e. The van der Waals surface area contributed by atoms with Crippen molar-refractivity contribution < 1.29 is 14.3 Å². The Bertz CT molecular complexity index is 1430. The van der Waals surface area contributed by atoms with E-state index in [0.29, 0.717) is 29.0 Å². The minimum Gasteiger partial charge on any atom is -0.494 e. The molecule has 2 aromatic heterocycles. The van der Waals surface area contributed by atoms with Gasteiger partial charge in [-0.1, -0.05) is 12.6 Å². The van der Waals surface area contributed by atoms with Crippen molar-refractivity contribution in [2.75, 3.05) is 55.9 Å². The summed E-state index contributed by atoms with van der Waals surface area (Å²) in [7, 11) is 3.80. The topological polar surface area (TPSA) is 91.8 Å². The predicted octanol–water partition coefficient (Wildman–Crippen LogP) is 5.11. The number of nitrogens with zero attached hydrogens (tertiary/aromatic N) is 4. The van der Waals surface area contributed by atoms with E-state index < -0.39 is 0 Å². The van der Waals surface area contributed by atoms with Gasteiger partial charge in [-0.15, -0.1) is 11.3 Å². The van der Waals surface area contributed by atoms with Gasteiger partial charge < -0.3 is 29.9 Å². The largest absolute Gasteiger partial charge is 0.494 e. The van der Waals surface area contributed by atoms with Crippen molar-refractivity contribution in [2.45, 2.75) is 0 Å². The summed E-state index contributed by atoms with van der Waals surface area (Å²) >= 11 is 1.50. The molecule has 0 radical (unpaired) electrons. The second-order valence-electron chi connectivity index (χ2n) is 8.61. The zero-order chi connectivity index (χ0) is 25.8. The average Bonchev–Trinajstić information content (AvgIpc) is 3.39. The molecule has 0 bridgehead atoms. The van der Waals surface area contributed by atoms with Crippen LogP contribution in [0.4, 0.5) is 23.0 Å². The number of methoxy groups -OCH3 is 1. The van der Waals surface area contributed by atoms with E-state index in [4.69, 9.17) is 9.47 Å². The van der Waals surface area contributed by atoms with Gasteiger partial charge in [0.15, 0.2) is 0 Å². The van der Waals surface area contributed by atoms with E-state index in [0.717, 1.165) is 47.8 Å². The monoisotopic (exact) mass is 516 g/mol. The number of ether oxygens (including phenoxy) is 2. The Morgan fingerprint density at radius 3 is 2.73 bits per heavy atom. The summed E-state index contributed by atoms with van der Waals surface area (Å²) in [5.41, 5.74) is 3.25. The number of benzene rings is 2. The number of hydrogen-bond donors (Lipinski definition) is 2. The third-order valence-corrected chi connectivity index (χ3v) is 6.97. The molecule has 10 heteroatoms. The Kier molecular flexibility index (Phi) is 7.20. The van der Waals surface area contributed by atoms with Crippen LogP contribution in [0.2, 0.25) is 0 Å². The second-order valence-corrected chi connectivity index (χ2v) is 9.53. The fourth-order valence-electron chi connectivity index (χ4n) is 4.07. The minimum atomic E-state index is -0.293. The Balaban J connectivity index is 1.40. The summed E-state index contributed by atoms with van der Waals surface area (Å²) in [5, 5.41) is 7.98. The lowest BCUT2D eigenvalue weighted by Crippen LogP contribution is -2.44. The van der Waals surface area contributed by atoms with Gasteiger partial charge in [0.2, 0.25) is 17.7 Å². The number of amides is 1. The fourth-order valence-corrected chi connectivity index (χ4v) is 4.82.